The number of amides is 1. The van der Waals surface area contributed by atoms with E-state index < -0.39 is 6.04 Å². The first-order valence-corrected chi connectivity index (χ1v) is 5.37. The Morgan fingerprint density at radius 3 is 3.00 bits per heavy atom. The van der Waals surface area contributed by atoms with Gasteiger partial charge in [-0.1, -0.05) is 18.2 Å². The Morgan fingerprint density at radius 2 is 2.12 bits per heavy atom. The van der Waals surface area contributed by atoms with Crippen molar-refractivity contribution in [1.82, 2.24) is 10.3 Å². The Labute approximate surface area is 92.8 Å². The van der Waals surface area contributed by atoms with Crippen molar-refractivity contribution < 1.29 is 4.79 Å². The summed E-state index contributed by atoms with van der Waals surface area (Å²) in [5.41, 5.74) is 9.13. The minimum atomic E-state index is -0.450. The number of nitrogens with two attached hydrogens (primary N) is 1. The van der Waals surface area contributed by atoms with E-state index in [-0.39, 0.29) is 5.91 Å². The van der Waals surface area contributed by atoms with Crippen LogP contribution in [0.2, 0.25) is 0 Å². The van der Waals surface area contributed by atoms with Crippen LogP contribution in [-0.2, 0) is 17.8 Å². The molecule has 0 radical (unpaired) electrons. The minimum absolute atomic E-state index is 0.0753. The van der Waals surface area contributed by atoms with Crippen molar-refractivity contribution in [3.8, 4) is 0 Å². The highest BCUT2D eigenvalue weighted by Crippen LogP contribution is 2.24. The van der Waals surface area contributed by atoms with Crippen molar-refractivity contribution in [3.63, 3.8) is 0 Å². The van der Waals surface area contributed by atoms with Gasteiger partial charge in [0, 0.05) is 29.6 Å². The average molecular weight is 215 g/mol. The maximum atomic E-state index is 11.5. The minimum Gasteiger partial charge on any atom is -0.358 e. The van der Waals surface area contributed by atoms with Gasteiger partial charge in [-0.2, -0.15) is 0 Å². The summed E-state index contributed by atoms with van der Waals surface area (Å²) < 4.78 is 0. The number of aromatic nitrogens is 1. The van der Waals surface area contributed by atoms with E-state index in [0.717, 1.165) is 16.8 Å². The molecule has 0 spiro atoms. The number of para-hydroxylation sites is 1. The predicted octanol–water partition coefficient (Wildman–Crippen LogP) is 0.667. The van der Waals surface area contributed by atoms with Gasteiger partial charge in [0.15, 0.2) is 0 Å². The van der Waals surface area contributed by atoms with Crippen LogP contribution in [0, 0.1) is 0 Å². The zero-order valence-electron chi connectivity index (χ0n) is 8.79. The number of benzene rings is 1. The molecular formula is C12H13N3O. The summed E-state index contributed by atoms with van der Waals surface area (Å²) in [5, 5.41) is 4.02. The van der Waals surface area contributed by atoms with Gasteiger partial charge in [0.05, 0.1) is 6.04 Å². The fraction of sp³-hybridized carbons (Fsp3) is 0.250. The molecule has 1 atom stereocenters. The fourth-order valence-electron chi connectivity index (χ4n) is 2.25. The molecule has 2 heterocycles. The van der Waals surface area contributed by atoms with Crippen molar-refractivity contribution in [2.45, 2.75) is 19.0 Å². The number of carbonyl (C=O) groups excluding carboxylic acids is 1. The van der Waals surface area contributed by atoms with E-state index in [1.807, 2.05) is 18.2 Å². The summed E-state index contributed by atoms with van der Waals surface area (Å²) in [6.45, 7) is 0.561. The molecule has 0 saturated carbocycles. The van der Waals surface area contributed by atoms with Crippen LogP contribution in [0.4, 0.5) is 0 Å². The number of rotatable bonds is 0. The third kappa shape index (κ3) is 1.31. The predicted molar refractivity (Wildman–Crippen MR) is 61.8 cm³/mol. The summed E-state index contributed by atoms with van der Waals surface area (Å²) >= 11 is 0. The normalized spacial score (nSPS) is 20.3. The van der Waals surface area contributed by atoms with Gasteiger partial charge in [-0.25, -0.2) is 0 Å². The van der Waals surface area contributed by atoms with Gasteiger partial charge in [0.1, 0.15) is 0 Å². The molecule has 82 valence electrons. The van der Waals surface area contributed by atoms with Gasteiger partial charge in [-0.05, 0) is 11.6 Å². The first kappa shape index (κ1) is 9.42. The first-order chi connectivity index (χ1) is 7.75. The summed E-state index contributed by atoms with van der Waals surface area (Å²) in [6.07, 6.45) is 0.579. The molecule has 1 aliphatic heterocycles. The number of nitrogens with one attached hydrogen (secondary N) is 2. The lowest BCUT2D eigenvalue weighted by Crippen LogP contribution is -2.39. The van der Waals surface area contributed by atoms with Gasteiger partial charge in [-0.3, -0.25) is 4.79 Å². The van der Waals surface area contributed by atoms with Crippen LogP contribution in [0.15, 0.2) is 24.3 Å². The van der Waals surface area contributed by atoms with Crippen molar-refractivity contribution in [3.05, 3.63) is 35.5 Å². The highest BCUT2D eigenvalue weighted by molar-refractivity contribution is 5.88. The molecule has 0 bridgehead atoms. The average Bonchev–Trinajstić information content (AvgIpc) is 2.56. The topological polar surface area (TPSA) is 70.9 Å². The number of H-pyrrole nitrogens is 1. The highest BCUT2D eigenvalue weighted by Gasteiger charge is 2.22. The van der Waals surface area contributed by atoms with Crippen LogP contribution < -0.4 is 11.1 Å². The van der Waals surface area contributed by atoms with E-state index in [2.05, 4.69) is 16.4 Å². The summed E-state index contributed by atoms with van der Waals surface area (Å²) in [7, 11) is 0. The third-order valence-electron chi connectivity index (χ3n) is 3.10. The van der Waals surface area contributed by atoms with Crippen molar-refractivity contribution in [2.75, 3.05) is 0 Å². The van der Waals surface area contributed by atoms with Gasteiger partial charge < -0.3 is 16.0 Å². The SMILES string of the molecule is NC1Cc2[nH]c3ccccc3c2CNC1=O. The van der Waals surface area contributed by atoms with E-state index in [0.29, 0.717) is 13.0 Å². The molecule has 1 aromatic carbocycles. The molecule has 4 N–H and O–H groups in total. The van der Waals surface area contributed by atoms with Gasteiger partial charge in [0.2, 0.25) is 5.91 Å². The second-order valence-electron chi connectivity index (χ2n) is 4.16. The molecule has 0 saturated heterocycles. The third-order valence-corrected chi connectivity index (χ3v) is 3.10. The van der Waals surface area contributed by atoms with Crippen LogP contribution >= 0.6 is 0 Å². The van der Waals surface area contributed by atoms with Gasteiger partial charge in [-0.15, -0.1) is 0 Å². The van der Waals surface area contributed by atoms with E-state index >= 15 is 0 Å². The standard InChI is InChI=1S/C12H13N3O/c13-9-5-11-8(6-14-12(9)16)7-3-1-2-4-10(7)15-11/h1-4,9,15H,5-6,13H2,(H,14,16). The lowest BCUT2D eigenvalue weighted by Gasteiger charge is -2.05. The molecule has 4 nitrogen and oxygen atoms in total. The number of carbonyl (C=O) groups is 1. The molecule has 3 rings (SSSR count). The quantitative estimate of drug-likeness (QED) is 0.604. The Balaban J connectivity index is 2.17. The molecule has 1 amide bonds. The summed E-state index contributed by atoms with van der Waals surface area (Å²) in [5.74, 6) is -0.0753. The van der Waals surface area contributed by atoms with Crippen LogP contribution in [0.5, 0.6) is 0 Å². The van der Waals surface area contributed by atoms with E-state index in [9.17, 15) is 4.79 Å². The number of hydrogen-bond acceptors (Lipinski definition) is 2. The smallest absolute Gasteiger partial charge is 0.237 e. The van der Waals surface area contributed by atoms with Crippen molar-refractivity contribution in [1.29, 1.82) is 0 Å². The largest absolute Gasteiger partial charge is 0.358 e. The molecule has 2 aromatic rings. The van der Waals surface area contributed by atoms with Crippen LogP contribution in [0.3, 0.4) is 0 Å². The highest BCUT2D eigenvalue weighted by atomic mass is 16.2. The van der Waals surface area contributed by atoms with Crippen LogP contribution in [0.1, 0.15) is 11.3 Å². The van der Waals surface area contributed by atoms with E-state index in [1.165, 1.54) is 5.39 Å². The number of fused-ring (bicyclic) bond motifs is 3. The summed E-state index contributed by atoms with van der Waals surface area (Å²) in [6, 6.07) is 7.65. The van der Waals surface area contributed by atoms with Gasteiger partial charge >= 0.3 is 0 Å². The molecule has 1 unspecified atom stereocenters. The maximum absolute atomic E-state index is 11.5. The molecule has 0 fully saturated rings. The zero-order valence-corrected chi connectivity index (χ0v) is 8.79. The molecular weight excluding hydrogens is 202 g/mol. The second-order valence-corrected chi connectivity index (χ2v) is 4.16. The number of hydrogen-bond donors (Lipinski definition) is 3. The Hall–Kier alpha value is -1.81. The molecule has 1 aromatic heterocycles. The van der Waals surface area contributed by atoms with Crippen molar-refractivity contribution >= 4 is 16.8 Å². The van der Waals surface area contributed by atoms with Crippen LogP contribution in [0.25, 0.3) is 10.9 Å². The Morgan fingerprint density at radius 1 is 1.31 bits per heavy atom. The lowest BCUT2D eigenvalue weighted by molar-refractivity contribution is -0.122. The number of aromatic amines is 1. The molecule has 4 heteroatoms. The van der Waals surface area contributed by atoms with E-state index in [4.69, 9.17) is 5.73 Å². The monoisotopic (exact) mass is 215 g/mol. The Bertz CT molecular complexity index is 558. The first-order valence-electron chi connectivity index (χ1n) is 5.37. The van der Waals surface area contributed by atoms with E-state index in [1.54, 1.807) is 0 Å². The van der Waals surface area contributed by atoms with Gasteiger partial charge in [0.25, 0.3) is 0 Å². The second kappa shape index (κ2) is 3.35. The molecule has 0 aliphatic carbocycles. The maximum Gasteiger partial charge on any atom is 0.237 e. The van der Waals surface area contributed by atoms with Crippen LogP contribution in [-0.4, -0.2) is 16.9 Å². The lowest BCUT2D eigenvalue weighted by atomic mass is 10.1. The molecule has 1 aliphatic rings. The van der Waals surface area contributed by atoms with Crippen molar-refractivity contribution in [2.24, 2.45) is 5.73 Å². The fourth-order valence-corrected chi connectivity index (χ4v) is 2.25. The Kier molecular flexibility index (Phi) is 1.97. The summed E-state index contributed by atoms with van der Waals surface area (Å²) in [4.78, 5) is 14.8. The zero-order chi connectivity index (χ0) is 11.1. The molecule has 16 heavy (non-hydrogen) atoms.